The standard InChI is InChI=1S/C11H7BrClN/c12-10-4-2-1-3-8(10)9-5-6-14-7-11(9)13/h1-7H. The zero-order valence-corrected chi connectivity index (χ0v) is 9.59. The minimum absolute atomic E-state index is 0.666. The van der Waals surface area contributed by atoms with E-state index in [0.717, 1.165) is 15.6 Å². The Balaban J connectivity index is 2.61. The average molecular weight is 269 g/mol. The Kier molecular flexibility index (Phi) is 2.85. The summed E-state index contributed by atoms with van der Waals surface area (Å²) in [6.07, 6.45) is 3.39. The van der Waals surface area contributed by atoms with E-state index in [-0.39, 0.29) is 0 Å². The van der Waals surface area contributed by atoms with Gasteiger partial charge in [0.15, 0.2) is 0 Å². The van der Waals surface area contributed by atoms with Crippen LogP contribution in [0.4, 0.5) is 0 Å². The zero-order chi connectivity index (χ0) is 9.97. The molecule has 0 aliphatic rings. The normalized spacial score (nSPS) is 10.1. The smallest absolute Gasteiger partial charge is 0.0668 e. The number of aromatic nitrogens is 1. The van der Waals surface area contributed by atoms with E-state index in [4.69, 9.17) is 11.6 Å². The van der Waals surface area contributed by atoms with Crippen LogP contribution in [0.1, 0.15) is 0 Å². The Hall–Kier alpha value is -0.860. The molecule has 1 aromatic heterocycles. The molecule has 1 heterocycles. The third kappa shape index (κ3) is 1.81. The molecule has 2 aromatic rings. The number of hydrogen-bond acceptors (Lipinski definition) is 1. The molecule has 0 radical (unpaired) electrons. The molecule has 0 amide bonds. The molecule has 0 saturated carbocycles. The summed E-state index contributed by atoms with van der Waals surface area (Å²) in [5.41, 5.74) is 2.08. The summed E-state index contributed by atoms with van der Waals surface area (Å²) >= 11 is 9.54. The number of halogens is 2. The minimum atomic E-state index is 0.666. The highest BCUT2D eigenvalue weighted by Gasteiger charge is 2.05. The molecule has 0 aliphatic heterocycles. The van der Waals surface area contributed by atoms with E-state index in [9.17, 15) is 0 Å². The minimum Gasteiger partial charge on any atom is -0.263 e. The van der Waals surface area contributed by atoms with Crippen molar-refractivity contribution in [2.75, 3.05) is 0 Å². The Labute approximate surface area is 95.9 Å². The fourth-order valence-electron chi connectivity index (χ4n) is 1.27. The lowest BCUT2D eigenvalue weighted by Crippen LogP contribution is -1.81. The predicted octanol–water partition coefficient (Wildman–Crippen LogP) is 4.16. The van der Waals surface area contributed by atoms with E-state index in [0.29, 0.717) is 5.02 Å². The fourth-order valence-corrected chi connectivity index (χ4v) is 1.99. The fraction of sp³-hybridized carbons (Fsp3) is 0. The molecule has 0 bridgehead atoms. The van der Waals surface area contributed by atoms with E-state index in [2.05, 4.69) is 20.9 Å². The first-order valence-corrected chi connectivity index (χ1v) is 5.30. The summed E-state index contributed by atoms with van der Waals surface area (Å²) < 4.78 is 1.04. The quantitative estimate of drug-likeness (QED) is 0.756. The van der Waals surface area contributed by atoms with Crippen LogP contribution in [-0.4, -0.2) is 4.98 Å². The highest BCUT2D eigenvalue weighted by molar-refractivity contribution is 9.10. The molecular weight excluding hydrogens is 261 g/mol. The van der Waals surface area contributed by atoms with Crippen LogP contribution >= 0.6 is 27.5 Å². The van der Waals surface area contributed by atoms with Crippen LogP contribution in [0.2, 0.25) is 5.02 Å². The van der Waals surface area contributed by atoms with Crippen LogP contribution in [0, 0.1) is 0 Å². The molecule has 0 fully saturated rings. The van der Waals surface area contributed by atoms with Crippen molar-refractivity contribution in [2.24, 2.45) is 0 Å². The summed E-state index contributed by atoms with van der Waals surface area (Å²) in [5, 5.41) is 0.666. The van der Waals surface area contributed by atoms with Crippen molar-refractivity contribution in [1.29, 1.82) is 0 Å². The van der Waals surface area contributed by atoms with Crippen LogP contribution in [0.5, 0.6) is 0 Å². The first-order chi connectivity index (χ1) is 6.79. The average Bonchev–Trinajstić information content (AvgIpc) is 2.20. The van der Waals surface area contributed by atoms with E-state index >= 15 is 0 Å². The molecule has 0 unspecified atom stereocenters. The Morgan fingerprint density at radius 3 is 2.57 bits per heavy atom. The summed E-state index contributed by atoms with van der Waals surface area (Å²) in [4.78, 5) is 3.95. The van der Waals surface area contributed by atoms with Crippen molar-refractivity contribution in [3.05, 3.63) is 52.2 Å². The summed E-state index contributed by atoms with van der Waals surface area (Å²) in [6, 6.07) is 9.87. The number of benzene rings is 1. The second-order valence-electron chi connectivity index (χ2n) is 2.84. The van der Waals surface area contributed by atoms with Crippen molar-refractivity contribution in [1.82, 2.24) is 4.98 Å². The van der Waals surface area contributed by atoms with E-state index in [1.807, 2.05) is 30.3 Å². The van der Waals surface area contributed by atoms with Gasteiger partial charge in [-0.05, 0) is 17.7 Å². The van der Waals surface area contributed by atoms with Crippen LogP contribution in [0.25, 0.3) is 11.1 Å². The van der Waals surface area contributed by atoms with Gasteiger partial charge >= 0.3 is 0 Å². The molecule has 0 atom stereocenters. The van der Waals surface area contributed by atoms with Gasteiger partial charge in [0.2, 0.25) is 0 Å². The topological polar surface area (TPSA) is 12.9 Å². The third-order valence-electron chi connectivity index (χ3n) is 1.94. The molecule has 2 rings (SSSR count). The van der Waals surface area contributed by atoms with Gasteiger partial charge in [0, 0.05) is 22.4 Å². The van der Waals surface area contributed by atoms with Gasteiger partial charge < -0.3 is 0 Å². The molecule has 3 heteroatoms. The van der Waals surface area contributed by atoms with Crippen molar-refractivity contribution in [2.45, 2.75) is 0 Å². The van der Waals surface area contributed by atoms with Gasteiger partial charge in [0.25, 0.3) is 0 Å². The maximum atomic E-state index is 6.05. The maximum absolute atomic E-state index is 6.05. The van der Waals surface area contributed by atoms with Crippen molar-refractivity contribution in [3.8, 4) is 11.1 Å². The molecule has 0 N–H and O–H groups in total. The molecule has 0 spiro atoms. The van der Waals surface area contributed by atoms with Crippen LogP contribution < -0.4 is 0 Å². The van der Waals surface area contributed by atoms with E-state index in [1.165, 1.54) is 0 Å². The van der Waals surface area contributed by atoms with Gasteiger partial charge in [-0.3, -0.25) is 4.98 Å². The first kappa shape index (κ1) is 9.69. The Bertz CT molecular complexity index is 413. The SMILES string of the molecule is Clc1cnccc1-c1ccccc1Br. The number of pyridine rings is 1. The highest BCUT2D eigenvalue weighted by Crippen LogP contribution is 2.32. The monoisotopic (exact) mass is 267 g/mol. The zero-order valence-electron chi connectivity index (χ0n) is 7.24. The van der Waals surface area contributed by atoms with Gasteiger partial charge in [0.05, 0.1) is 5.02 Å². The third-order valence-corrected chi connectivity index (χ3v) is 2.93. The van der Waals surface area contributed by atoms with Gasteiger partial charge in [-0.2, -0.15) is 0 Å². The summed E-state index contributed by atoms with van der Waals surface area (Å²) in [5.74, 6) is 0. The predicted molar refractivity (Wildman–Crippen MR) is 62.4 cm³/mol. The van der Waals surface area contributed by atoms with Gasteiger partial charge in [0.1, 0.15) is 0 Å². The lowest BCUT2D eigenvalue weighted by atomic mass is 10.1. The molecule has 70 valence electrons. The van der Waals surface area contributed by atoms with Crippen molar-refractivity contribution < 1.29 is 0 Å². The Morgan fingerprint density at radius 1 is 1.07 bits per heavy atom. The molecule has 1 nitrogen and oxygen atoms in total. The molecule has 0 aliphatic carbocycles. The van der Waals surface area contributed by atoms with Gasteiger partial charge in [-0.15, -0.1) is 0 Å². The molecule has 0 saturated heterocycles. The first-order valence-electron chi connectivity index (χ1n) is 4.13. The largest absolute Gasteiger partial charge is 0.263 e. The van der Waals surface area contributed by atoms with Crippen LogP contribution in [0.3, 0.4) is 0 Å². The van der Waals surface area contributed by atoms with Crippen LogP contribution in [-0.2, 0) is 0 Å². The lowest BCUT2D eigenvalue weighted by Gasteiger charge is -2.05. The van der Waals surface area contributed by atoms with Gasteiger partial charge in [-0.1, -0.05) is 45.7 Å². The van der Waals surface area contributed by atoms with E-state index < -0.39 is 0 Å². The summed E-state index contributed by atoms with van der Waals surface area (Å²) in [7, 11) is 0. The molecule has 14 heavy (non-hydrogen) atoms. The number of rotatable bonds is 1. The Morgan fingerprint density at radius 2 is 1.86 bits per heavy atom. The van der Waals surface area contributed by atoms with Crippen LogP contribution in [0.15, 0.2) is 47.2 Å². The second kappa shape index (κ2) is 4.11. The van der Waals surface area contributed by atoms with Crippen molar-refractivity contribution >= 4 is 27.5 Å². The van der Waals surface area contributed by atoms with E-state index in [1.54, 1.807) is 12.4 Å². The highest BCUT2D eigenvalue weighted by atomic mass is 79.9. The second-order valence-corrected chi connectivity index (χ2v) is 4.10. The lowest BCUT2D eigenvalue weighted by molar-refractivity contribution is 1.33. The van der Waals surface area contributed by atoms with Crippen molar-refractivity contribution in [3.63, 3.8) is 0 Å². The maximum Gasteiger partial charge on any atom is 0.0668 e. The molecular formula is C11H7BrClN. The van der Waals surface area contributed by atoms with Gasteiger partial charge in [-0.25, -0.2) is 0 Å². The molecule has 1 aromatic carbocycles. The summed E-state index contributed by atoms with van der Waals surface area (Å²) in [6.45, 7) is 0. The number of hydrogen-bond donors (Lipinski definition) is 0. The number of nitrogens with zero attached hydrogens (tertiary/aromatic N) is 1.